The molecule has 3 rings (SSSR count). The minimum Gasteiger partial charge on any atom is -0.295 e. The third kappa shape index (κ3) is 1.95. The largest absolute Gasteiger partial charge is 0.295 e. The highest BCUT2D eigenvalue weighted by molar-refractivity contribution is 5.65. The molecule has 1 N–H and O–H groups in total. The van der Waals surface area contributed by atoms with Gasteiger partial charge in [-0.3, -0.25) is 9.89 Å². The van der Waals surface area contributed by atoms with Gasteiger partial charge in [-0.05, 0) is 24.1 Å². The maximum atomic E-state index is 12.4. The number of hydrogen-bond donors (Lipinski definition) is 1. The SMILES string of the molecule is Cc1ccccc1-c1c[nH]n(-c2ncccn2)c1=O. The van der Waals surface area contributed by atoms with Crippen molar-refractivity contribution in [2.45, 2.75) is 6.92 Å². The highest BCUT2D eigenvalue weighted by atomic mass is 16.1. The van der Waals surface area contributed by atoms with Crippen molar-refractivity contribution in [1.29, 1.82) is 0 Å². The number of aromatic nitrogens is 4. The van der Waals surface area contributed by atoms with Crippen molar-refractivity contribution in [2.75, 3.05) is 0 Å². The van der Waals surface area contributed by atoms with Crippen LogP contribution in [0, 0.1) is 6.92 Å². The molecule has 2 aromatic heterocycles. The molecule has 94 valence electrons. The van der Waals surface area contributed by atoms with Gasteiger partial charge in [0.25, 0.3) is 11.5 Å². The zero-order valence-electron chi connectivity index (χ0n) is 10.4. The zero-order valence-corrected chi connectivity index (χ0v) is 10.4. The van der Waals surface area contributed by atoms with Crippen LogP contribution in [0.4, 0.5) is 0 Å². The summed E-state index contributed by atoms with van der Waals surface area (Å²) in [4.78, 5) is 20.5. The van der Waals surface area contributed by atoms with Gasteiger partial charge in [-0.25, -0.2) is 9.97 Å². The molecule has 0 bridgehead atoms. The van der Waals surface area contributed by atoms with Gasteiger partial charge in [0, 0.05) is 18.6 Å². The number of aromatic amines is 1. The zero-order chi connectivity index (χ0) is 13.2. The Morgan fingerprint density at radius 3 is 2.53 bits per heavy atom. The number of nitrogens with one attached hydrogen (secondary N) is 1. The van der Waals surface area contributed by atoms with Crippen LogP contribution >= 0.6 is 0 Å². The molecule has 0 aliphatic heterocycles. The molecule has 0 amide bonds. The van der Waals surface area contributed by atoms with E-state index < -0.39 is 0 Å². The summed E-state index contributed by atoms with van der Waals surface area (Å²) in [6.45, 7) is 1.98. The van der Waals surface area contributed by atoms with Gasteiger partial charge in [0.15, 0.2) is 0 Å². The predicted molar refractivity (Wildman–Crippen MR) is 72.2 cm³/mol. The molecule has 5 heteroatoms. The van der Waals surface area contributed by atoms with Crippen LogP contribution in [0.15, 0.2) is 53.7 Å². The molecule has 0 radical (unpaired) electrons. The normalized spacial score (nSPS) is 10.6. The fourth-order valence-corrected chi connectivity index (χ4v) is 1.99. The van der Waals surface area contributed by atoms with E-state index >= 15 is 0 Å². The molecular formula is C14H12N4O. The van der Waals surface area contributed by atoms with Gasteiger partial charge in [0.2, 0.25) is 0 Å². The van der Waals surface area contributed by atoms with Crippen molar-refractivity contribution in [3.63, 3.8) is 0 Å². The Labute approximate surface area is 109 Å². The van der Waals surface area contributed by atoms with E-state index in [9.17, 15) is 4.79 Å². The minimum atomic E-state index is -0.152. The maximum Gasteiger partial charge on any atom is 0.281 e. The van der Waals surface area contributed by atoms with E-state index in [0.29, 0.717) is 11.5 Å². The lowest BCUT2D eigenvalue weighted by atomic mass is 10.0. The van der Waals surface area contributed by atoms with Gasteiger partial charge in [-0.1, -0.05) is 24.3 Å². The monoisotopic (exact) mass is 252 g/mol. The van der Waals surface area contributed by atoms with Crippen LogP contribution in [0.5, 0.6) is 0 Å². The lowest BCUT2D eigenvalue weighted by Crippen LogP contribution is -2.18. The second kappa shape index (κ2) is 4.53. The molecule has 0 fully saturated rings. The molecule has 19 heavy (non-hydrogen) atoms. The third-order valence-electron chi connectivity index (χ3n) is 2.96. The molecular weight excluding hydrogens is 240 g/mol. The van der Waals surface area contributed by atoms with Crippen LogP contribution in [-0.4, -0.2) is 19.7 Å². The van der Waals surface area contributed by atoms with Crippen LogP contribution in [0.1, 0.15) is 5.56 Å². The Hall–Kier alpha value is -2.69. The van der Waals surface area contributed by atoms with Crippen molar-refractivity contribution in [3.05, 3.63) is 64.8 Å². The van der Waals surface area contributed by atoms with E-state index in [0.717, 1.165) is 11.1 Å². The van der Waals surface area contributed by atoms with E-state index in [1.807, 2.05) is 31.2 Å². The summed E-state index contributed by atoms with van der Waals surface area (Å²) in [6, 6.07) is 9.48. The summed E-state index contributed by atoms with van der Waals surface area (Å²) in [5.74, 6) is 0.340. The molecule has 0 atom stereocenters. The molecule has 5 nitrogen and oxygen atoms in total. The number of nitrogens with zero attached hydrogens (tertiary/aromatic N) is 3. The van der Waals surface area contributed by atoms with Crippen molar-refractivity contribution in [3.8, 4) is 17.1 Å². The van der Waals surface area contributed by atoms with Crippen molar-refractivity contribution in [1.82, 2.24) is 19.7 Å². The number of benzene rings is 1. The highest BCUT2D eigenvalue weighted by Crippen LogP contribution is 2.19. The Bertz CT molecular complexity index is 758. The Morgan fingerprint density at radius 2 is 1.79 bits per heavy atom. The molecule has 0 saturated heterocycles. The molecule has 1 aromatic carbocycles. The maximum absolute atomic E-state index is 12.4. The standard InChI is InChI=1S/C14H12N4O/c1-10-5-2-3-6-11(10)12-9-17-18(13(12)19)14-15-7-4-8-16-14/h2-9,17H,1H3. The van der Waals surface area contributed by atoms with Gasteiger partial charge in [0.1, 0.15) is 0 Å². The fourth-order valence-electron chi connectivity index (χ4n) is 1.99. The third-order valence-corrected chi connectivity index (χ3v) is 2.96. The second-order valence-electron chi connectivity index (χ2n) is 4.19. The fraction of sp³-hybridized carbons (Fsp3) is 0.0714. The van der Waals surface area contributed by atoms with Gasteiger partial charge in [-0.15, -0.1) is 0 Å². The van der Waals surface area contributed by atoms with Crippen LogP contribution in [0.2, 0.25) is 0 Å². The van der Waals surface area contributed by atoms with E-state index in [4.69, 9.17) is 0 Å². The predicted octanol–water partition coefficient (Wildman–Crippen LogP) is 1.93. The molecule has 0 aliphatic carbocycles. The topological polar surface area (TPSA) is 63.6 Å². The van der Waals surface area contributed by atoms with Crippen LogP contribution in [0.25, 0.3) is 17.1 Å². The van der Waals surface area contributed by atoms with E-state index in [1.165, 1.54) is 4.68 Å². The summed E-state index contributed by atoms with van der Waals surface area (Å²) >= 11 is 0. The second-order valence-corrected chi connectivity index (χ2v) is 4.19. The summed E-state index contributed by atoms with van der Waals surface area (Å²) < 4.78 is 1.34. The first-order valence-electron chi connectivity index (χ1n) is 5.91. The number of hydrogen-bond acceptors (Lipinski definition) is 3. The summed E-state index contributed by atoms with van der Waals surface area (Å²) in [7, 11) is 0. The molecule has 2 heterocycles. The van der Waals surface area contributed by atoms with Crippen molar-refractivity contribution < 1.29 is 0 Å². The molecule has 3 aromatic rings. The molecule has 0 spiro atoms. The molecule has 0 unspecified atom stereocenters. The van der Waals surface area contributed by atoms with Gasteiger partial charge < -0.3 is 0 Å². The van der Waals surface area contributed by atoms with E-state index in [-0.39, 0.29) is 5.56 Å². The van der Waals surface area contributed by atoms with Crippen molar-refractivity contribution in [2.24, 2.45) is 0 Å². The minimum absolute atomic E-state index is 0.152. The average molecular weight is 252 g/mol. The molecule has 0 saturated carbocycles. The van der Waals surface area contributed by atoms with E-state index in [1.54, 1.807) is 24.7 Å². The highest BCUT2D eigenvalue weighted by Gasteiger charge is 2.12. The number of aryl methyl sites for hydroxylation is 1. The first kappa shape index (κ1) is 11.4. The Kier molecular flexibility index (Phi) is 2.72. The van der Waals surface area contributed by atoms with E-state index in [2.05, 4.69) is 15.1 Å². The molecule has 0 aliphatic rings. The first-order chi connectivity index (χ1) is 9.27. The Balaban J connectivity index is 2.15. The quantitative estimate of drug-likeness (QED) is 0.758. The van der Waals surface area contributed by atoms with Gasteiger partial charge in [-0.2, -0.15) is 4.68 Å². The summed E-state index contributed by atoms with van der Waals surface area (Å²) in [5, 5.41) is 2.90. The first-order valence-corrected chi connectivity index (χ1v) is 5.91. The number of rotatable bonds is 2. The van der Waals surface area contributed by atoms with Crippen LogP contribution < -0.4 is 5.56 Å². The average Bonchev–Trinajstić information content (AvgIpc) is 2.82. The Morgan fingerprint density at radius 1 is 1.05 bits per heavy atom. The summed E-state index contributed by atoms with van der Waals surface area (Å²) in [5.41, 5.74) is 2.43. The number of H-pyrrole nitrogens is 1. The lowest BCUT2D eigenvalue weighted by Gasteiger charge is -2.00. The lowest BCUT2D eigenvalue weighted by molar-refractivity contribution is 0.783. The van der Waals surface area contributed by atoms with Crippen LogP contribution in [-0.2, 0) is 0 Å². The smallest absolute Gasteiger partial charge is 0.281 e. The van der Waals surface area contributed by atoms with Gasteiger partial charge in [0.05, 0.1) is 5.56 Å². The van der Waals surface area contributed by atoms with Crippen LogP contribution in [0.3, 0.4) is 0 Å². The van der Waals surface area contributed by atoms with Crippen molar-refractivity contribution >= 4 is 0 Å². The van der Waals surface area contributed by atoms with Gasteiger partial charge >= 0.3 is 0 Å². The summed E-state index contributed by atoms with van der Waals surface area (Å²) in [6.07, 6.45) is 4.88.